The van der Waals surface area contributed by atoms with E-state index in [-0.39, 0.29) is 11.8 Å². The van der Waals surface area contributed by atoms with Gasteiger partial charge in [-0.15, -0.1) is 0 Å². The monoisotopic (exact) mass is 680 g/mol. The summed E-state index contributed by atoms with van der Waals surface area (Å²) in [6.45, 7) is 1.59. The molecule has 2 amide bonds. The van der Waals surface area contributed by atoms with Gasteiger partial charge in [0.25, 0.3) is 11.8 Å². The van der Waals surface area contributed by atoms with Gasteiger partial charge in [-0.2, -0.15) is 0 Å². The molecule has 0 unspecified atom stereocenters. The Morgan fingerprint density at radius 2 is 0.647 bits per heavy atom. The van der Waals surface area contributed by atoms with E-state index in [0.29, 0.717) is 71.9 Å². The molecule has 256 valence electrons. The molecular formula is C42H36N2O7. The molecular weight excluding hydrogens is 644 g/mol. The molecule has 6 rings (SSSR count). The SMILES string of the molecule is O=C(Nc1ccc(Oc2ccc(NC(=O)c3ccc(OCCOc4ccccc4)cc3)cc2)cc1)c1ccc(OCCOc2ccccc2)cc1. The van der Waals surface area contributed by atoms with Crippen LogP contribution in [0.2, 0.25) is 0 Å². The molecule has 0 saturated heterocycles. The summed E-state index contributed by atoms with van der Waals surface area (Å²) >= 11 is 0. The summed E-state index contributed by atoms with van der Waals surface area (Å²) in [7, 11) is 0. The van der Waals surface area contributed by atoms with Crippen LogP contribution in [0.5, 0.6) is 34.5 Å². The number of para-hydroxylation sites is 2. The zero-order valence-electron chi connectivity index (χ0n) is 27.7. The first-order valence-electron chi connectivity index (χ1n) is 16.4. The van der Waals surface area contributed by atoms with Gasteiger partial charge in [0.1, 0.15) is 60.9 Å². The molecule has 0 aliphatic heterocycles. The first-order chi connectivity index (χ1) is 25.1. The molecule has 0 aliphatic carbocycles. The number of carbonyl (C=O) groups is 2. The number of hydrogen-bond donors (Lipinski definition) is 2. The maximum atomic E-state index is 12.8. The van der Waals surface area contributed by atoms with Crippen LogP contribution in [0.4, 0.5) is 11.4 Å². The average molecular weight is 681 g/mol. The summed E-state index contributed by atoms with van der Waals surface area (Å²) in [6.07, 6.45) is 0. The van der Waals surface area contributed by atoms with Crippen LogP contribution in [0.3, 0.4) is 0 Å². The minimum absolute atomic E-state index is 0.242. The molecule has 0 atom stereocenters. The molecule has 6 aromatic carbocycles. The smallest absolute Gasteiger partial charge is 0.255 e. The van der Waals surface area contributed by atoms with Gasteiger partial charge in [-0.05, 0) is 121 Å². The molecule has 0 aromatic heterocycles. The fraction of sp³-hybridized carbons (Fsp3) is 0.0952. The summed E-state index contributed by atoms with van der Waals surface area (Å²) in [6, 6.07) is 47.1. The van der Waals surface area contributed by atoms with Crippen molar-refractivity contribution in [1.29, 1.82) is 0 Å². The van der Waals surface area contributed by atoms with E-state index in [4.69, 9.17) is 23.7 Å². The van der Waals surface area contributed by atoms with Gasteiger partial charge in [-0.25, -0.2) is 0 Å². The van der Waals surface area contributed by atoms with Gasteiger partial charge < -0.3 is 34.3 Å². The van der Waals surface area contributed by atoms with Crippen LogP contribution >= 0.6 is 0 Å². The highest BCUT2D eigenvalue weighted by Crippen LogP contribution is 2.25. The number of rotatable bonds is 16. The summed E-state index contributed by atoms with van der Waals surface area (Å²) in [5.41, 5.74) is 2.25. The van der Waals surface area contributed by atoms with Crippen LogP contribution in [0.25, 0.3) is 0 Å². The third kappa shape index (κ3) is 10.6. The largest absolute Gasteiger partial charge is 0.490 e. The van der Waals surface area contributed by atoms with Gasteiger partial charge in [0, 0.05) is 22.5 Å². The van der Waals surface area contributed by atoms with E-state index in [2.05, 4.69) is 10.6 Å². The molecule has 0 heterocycles. The Balaban J connectivity index is 0.905. The Morgan fingerprint density at radius 3 is 0.980 bits per heavy atom. The van der Waals surface area contributed by atoms with Crippen molar-refractivity contribution in [3.05, 3.63) is 169 Å². The van der Waals surface area contributed by atoms with E-state index < -0.39 is 0 Å². The van der Waals surface area contributed by atoms with Crippen LogP contribution in [-0.2, 0) is 0 Å². The number of hydrogen-bond acceptors (Lipinski definition) is 7. The standard InChI is InChI=1S/C42H36N2O7/c45-41(31-11-19-37(20-12-31)49-29-27-47-35-7-3-1-4-8-35)43-33-15-23-39(24-16-33)51-40-25-17-34(18-26-40)44-42(46)32-13-21-38(22-14-32)50-30-28-48-36-9-5-2-6-10-36/h1-26H,27-30H2,(H,43,45)(H,44,46). The molecule has 0 spiro atoms. The first-order valence-corrected chi connectivity index (χ1v) is 16.4. The van der Waals surface area contributed by atoms with Crippen LogP contribution in [0.1, 0.15) is 20.7 Å². The van der Waals surface area contributed by atoms with Crippen molar-refractivity contribution >= 4 is 23.2 Å². The quantitative estimate of drug-likeness (QED) is 0.0984. The van der Waals surface area contributed by atoms with Crippen molar-refractivity contribution in [3.8, 4) is 34.5 Å². The second kappa shape index (κ2) is 17.6. The summed E-state index contributed by atoms with van der Waals surface area (Å²) < 4.78 is 28.6. The lowest BCUT2D eigenvalue weighted by atomic mass is 10.2. The molecule has 9 heteroatoms. The van der Waals surface area contributed by atoms with Crippen molar-refractivity contribution in [3.63, 3.8) is 0 Å². The second-order valence-corrected chi connectivity index (χ2v) is 11.1. The van der Waals surface area contributed by atoms with E-state index in [0.717, 1.165) is 11.5 Å². The lowest BCUT2D eigenvalue weighted by Gasteiger charge is -2.11. The summed E-state index contributed by atoms with van der Waals surface area (Å²) in [5, 5.41) is 5.78. The number of nitrogens with one attached hydrogen (secondary N) is 2. The number of anilines is 2. The topological polar surface area (TPSA) is 104 Å². The van der Waals surface area contributed by atoms with Crippen molar-refractivity contribution in [2.24, 2.45) is 0 Å². The summed E-state index contributed by atoms with van der Waals surface area (Å²) in [4.78, 5) is 25.6. The predicted octanol–water partition coefficient (Wildman–Crippen LogP) is 8.90. The molecule has 0 radical (unpaired) electrons. The van der Waals surface area contributed by atoms with Crippen LogP contribution in [0, 0.1) is 0 Å². The Hall–Kier alpha value is -6.74. The highest BCUT2D eigenvalue weighted by atomic mass is 16.5. The van der Waals surface area contributed by atoms with Gasteiger partial charge in [0.2, 0.25) is 0 Å². The summed E-state index contributed by atoms with van der Waals surface area (Å²) in [5.74, 6) is 3.59. The van der Waals surface area contributed by atoms with Gasteiger partial charge >= 0.3 is 0 Å². The minimum atomic E-state index is -0.242. The number of carbonyl (C=O) groups excluding carboxylic acids is 2. The average Bonchev–Trinajstić information content (AvgIpc) is 3.18. The third-order valence-corrected chi connectivity index (χ3v) is 7.42. The predicted molar refractivity (Wildman–Crippen MR) is 197 cm³/mol. The Labute approximate surface area is 296 Å². The Morgan fingerprint density at radius 1 is 0.353 bits per heavy atom. The van der Waals surface area contributed by atoms with E-state index in [1.54, 1.807) is 97.1 Å². The number of amides is 2. The van der Waals surface area contributed by atoms with Crippen molar-refractivity contribution in [2.45, 2.75) is 0 Å². The third-order valence-electron chi connectivity index (χ3n) is 7.42. The molecule has 0 fully saturated rings. The molecule has 0 saturated carbocycles. The van der Waals surface area contributed by atoms with Crippen LogP contribution in [-0.4, -0.2) is 38.2 Å². The second-order valence-electron chi connectivity index (χ2n) is 11.1. The van der Waals surface area contributed by atoms with Crippen molar-refractivity contribution in [1.82, 2.24) is 0 Å². The fourth-order valence-electron chi connectivity index (χ4n) is 4.83. The van der Waals surface area contributed by atoms with E-state index in [9.17, 15) is 9.59 Å². The van der Waals surface area contributed by atoms with E-state index >= 15 is 0 Å². The maximum Gasteiger partial charge on any atom is 0.255 e. The fourth-order valence-corrected chi connectivity index (χ4v) is 4.83. The van der Waals surface area contributed by atoms with Gasteiger partial charge in [-0.1, -0.05) is 36.4 Å². The molecule has 0 aliphatic rings. The van der Waals surface area contributed by atoms with Gasteiger partial charge in [-0.3, -0.25) is 9.59 Å². The lowest BCUT2D eigenvalue weighted by molar-refractivity contribution is 0.101. The van der Waals surface area contributed by atoms with E-state index in [1.807, 2.05) is 60.7 Å². The zero-order chi connectivity index (χ0) is 35.1. The Bertz CT molecular complexity index is 1820. The van der Waals surface area contributed by atoms with Gasteiger partial charge in [0.05, 0.1) is 0 Å². The minimum Gasteiger partial charge on any atom is -0.490 e. The number of ether oxygens (including phenoxy) is 5. The van der Waals surface area contributed by atoms with Crippen molar-refractivity contribution in [2.75, 3.05) is 37.1 Å². The van der Waals surface area contributed by atoms with E-state index in [1.165, 1.54) is 0 Å². The number of benzene rings is 6. The highest BCUT2D eigenvalue weighted by Gasteiger charge is 2.09. The lowest BCUT2D eigenvalue weighted by Crippen LogP contribution is -2.12. The Kier molecular flexibility index (Phi) is 11.8. The molecule has 51 heavy (non-hydrogen) atoms. The van der Waals surface area contributed by atoms with Crippen molar-refractivity contribution < 1.29 is 33.3 Å². The first kappa shape index (κ1) is 34.1. The van der Waals surface area contributed by atoms with Crippen LogP contribution < -0.4 is 34.3 Å². The van der Waals surface area contributed by atoms with Gasteiger partial charge in [0.15, 0.2) is 0 Å². The van der Waals surface area contributed by atoms with Crippen LogP contribution in [0.15, 0.2) is 158 Å². The molecule has 6 aromatic rings. The molecule has 2 N–H and O–H groups in total. The molecule has 0 bridgehead atoms. The maximum absolute atomic E-state index is 12.8. The highest BCUT2D eigenvalue weighted by molar-refractivity contribution is 6.05. The molecule has 9 nitrogen and oxygen atoms in total. The normalized spacial score (nSPS) is 10.4. The zero-order valence-corrected chi connectivity index (χ0v) is 27.7.